The van der Waals surface area contributed by atoms with Gasteiger partial charge in [-0.05, 0) is 32.1 Å². The molecule has 2 aliphatic rings. The number of likely N-dealkylation sites (tertiary alicyclic amines) is 1. The van der Waals surface area contributed by atoms with E-state index in [4.69, 9.17) is 0 Å². The number of carbonyl (C=O) groups is 1. The number of carbonyl (C=O) groups excluding carboxylic acids is 1. The van der Waals surface area contributed by atoms with Gasteiger partial charge in [0.2, 0.25) is 0 Å². The second kappa shape index (κ2) is 5.44. The molecule has 2 atom stereocenters. The Kier molecular flexibility index (Phi) is 3.73. The standard InChI is InChI=1S/C13H18F3N5O/c1-7-17-11(20-19-7)9-4-5-21(6-9)12(22)18-10(8-2-3-8)13(14,15)16/h8-10H,2-6H2,1H3,(H,18,22)(H,17,19,20). The zero-order valence-corrected chi connectivity index (χ0v) is 12.2. The average Bonchev–Trinajstić information content (AvgIpc) is 2.96. The molecule has 1 aromatic rings. The second-order valence-corrected chi connectivity index (χ2v) is 6.02. The van der Waals surface area contributed by atoms with Crippen molar-refractivity contribution in [2.24, 2.45) is 5.92 Å². The van der Waals surface area contributed by atoms with Crippen LogP contribution in [-0.2, 0) is 0 Å². The van der Waals surface area contributed by atoms with E-state index >= 15 is 0 Å². The zero-order valence-electron chi connectivity index (χ0n) is 12.2. The van der Waals surface area contributed by atoms with Crippen LogP contribution in [-0.4, -0.2) is 51.4 Å². The highest BCUT2D eigenvalue weighted by Crippen LogP contribution is 2.40. The summed E-state index contributed by atoms with van der Waals surface area (Å²) in [5.41, 5.74) is 0. The average molecular weight is 317 g/mol. The molecule has 1 saturated carbocycles. The van der Waals surface area contributed by atoms with E-state index in [1.807, 2.05) is 0 Å². The van der Waals surface area contributed by atoms with Gasteiger partial charge in [0.25, 0.3) is 0 Å². The lowest BCUT2D eigenvalue weighted by atomic mass is 10.1. The van der Waals surface area contributed by atoms with Crippen molar-refractivity contribution in [1.29, 1.82) is 0 Å². The number of H-pyrrole nitrogens is 1. The molecule has 122 valence electrons. The van der Waals surface area contributed by atoms with E-state index in [2.05, 4.69) is 20.5 Å². The summed E-state index contributed by atoms with van der Waals surface area (Å²) in [6, 6.07) is -2.38. The molecule has 0 bridgehead atoms. The zero-order chi connectivity index (χ0) is 15.9. The Morgan fingerprint density at radius 1 is 1.41 bits per heavy atom. The molecule has 6 nitrogen and oxygen atoms in total. The fourth-order valence-corrected chi connectivity index (χ4v) is 2.82. The van der Waals surface area contributed by atoms with Crippen molar-refractivity contribution in [3.05, 3.63) is 11.6 Å². The van der Waals surface area contributed by atoms with Crippen LogP contribution in [0.3, 0.4) is 0 Å². The predicted molar refractivity (Wildman–Crippen MR) is 71.1 cm³/mol. The van der Waals surface area contributed by atoms with Gasteiger partial charge in [-0.2, -0.15) is 18.3 Å². The Hall–Kier alpha value is -1.80. The van der Waals surface area contributed by atoms with Gasteiger partial charge in [0.05, 0.1) is 0 Å². The van der Waals surface area contributed by atoms with Crippen LogP contribution in [0.15, 0.2) is 0 Å². The van der Waals surface area contributed by atoms with Gasteiger partial charge >= 0.3 is 12.2 Å². The fourth-order valence-electron chi connectivity index (χ4n) is 2.82. The number of aromatic amines is 1. The number of aryl methyl sites for hydroxylation is 1. The van der Waals surface area contributed by atoms with Crippen molar-refractivity contribution >= 4 is 6.03 Å². The molecule has 1 saturated heterocycles. The Balaban J connectivity index is 1.59. The van der Waals surface area contributed by atoms with Crippen LogP contribution < -0.4 is 5.32 Å². The number of nitrogens with zero attached hydrogens (tertiary/aromatic N) is 3. The third kappa shape index (κ3) is 3.17. The normalized spacial score (nSPS) is 23.6. The molecule has 9 heteroatoms. The molecule has 2 heterocycles. The maximum absolute atomic E-state index is 12.9. The molecular weight excluding hydrogens is 299 g/mol. The van der Waals surface area contributed by atoms with E-state index in [1.165, 1.54) is 4.90 Å². The summed E-state index contributed by atoms with van der Waals surface area (Å²) in [6.45, 7) is 2.54. The number of urea groups is 1. The first kappa shape index (κ1) is 15.1. The van der Waals surface area contributed by atoms with Crippen LogP contribution in [0.2, 0.25) is 0 Å². The predicted octanol–water partition coefficient (Wildman–Crippen LogP) is 1.95. The molecule has 22 heavy (non-hydrogen) atoms. The first-order chi connectivity index (χ1) is 10.3. The number of hydrogen-bond acceptors (Lipinski definition) is 3. The third-order valence-corrected chi connectivity index (χ3v) is 4.18. The van der Waals surface area contributed by atoms with Gasteiger partial charge in [0, 0.05) is 19.0 Å². The van der Waals surface area contributed by atoms with Gasteiger partial charge in [-0.1, -0.05) is 0 Å². The molecule has 1 aliphatic carbocycles. The van der Waals surface area contributed by atoms with Crippen molar-refractivity contribution in [3.8, 4) is 0 Å². The molecule has 1 aliphatic heterocycles. The van der Waals surface area contributed by atoms with Crippen molar-refractivity contribution in [1.82, 2.24) is 25.4 Å². The molecule has 0 spiro atoms. The Labute approximate surface area is 125 Å². The lowest BCUT2D eigenvalue weighted by Gasteiger charge is -2.25. The van der Waals surface area contributed by atoms with Crippen LogP contribution in [0, 0.1) is 12.8 Å². The Bertz CT molecular complexity index is 554. The molecule has 2 unspecified atom stereocenters. The van der Waals surface area contributed by atoms with Gasteiger partial charge in [-0.15, -0.1) is 0 Å². The monoisotopic (exact) mass is 317 g/mol. The molecule has 0 radical (unpaired) electrons. The van der Waals surface area contributed by atoms with E-state index < -0.39 is 24.2 Å². The van der Waals surface area contributed by atoms with Crippen LogP contribution in [0.1, 0.15) is 36.8 Å². The highest BCUT2D eigenvalue weighted by molar-refractivity contribution is 5.75. The van der Waals surface area contributed by atoms with Crippen molar-refractivity contribution in [3.63, 3.8) is 0 Å². The van der Waals surface area contributed by atoms with E-state index in [0.29, 0.717) is 44.0 Å². The Morgan fingerprint density at radius 3 is 2.68 bits per heavy atom. The minimum atomic E-state index is -4.39. The maximum Gasteiger partial charge on any atom is 0.408 e. The SMILES string of the molecule is Cc1nc(C2CCN(C(=O)NC(C3CC3)C(F)(F)F)C2)n[nH]1. The van der Waals surface area contributed by atoms with Crippen molar-refractivity contribution < 1.29 is 18.0 Å². The van der Waals surface area contributed by atoms with Gasteiger partial charge in [-0.25, -0.2) is 9.78 Å². The first-order valence-corrected chi connectivity index (χ1v) is 7.35. The highest BCUT2D eigenvalue weighted by Gasteiger charge is 2.50. The number of amides is 2. The van der Waals surface area contributed by atoms with Gasteiger partial charge in [0.1, 0.15) is 11.9 Å². The van der Waals surface area contributed by atoms with Crippen LogP contribution in [0.5, 0.6) is 0 Å². The molecule has 1 aromatic heterocycles. The number of hydrogen-bond donors (Lipinski definition) is 2. The Morgan fingerprint density at radius 2 is 2.14 bits per heavy atom. The lowest BCUT2D eigenvalue weighted by molar-refractivity contribution is -0.158. The molecule has 0 aromatic carbocycles. The maximum atomic E-state index is 12.9. The largest absolute Gasteiger partial charge is 0.408 e. The molecule has 2 N–H and O–H groups in total. The van der Waals surface area contributed by atoms with Crippen molar-refractivity contribution in [2.75, 3.05) is 13.1 Å². The van der Waals surface area contributed by atoms with Crippen LogP contribution in [0.25, 0.3) is 0 Å². The fraction of sp³-hybridized carbons (Fsp3) is 0.769. The summed E-state index contributed by atoms with van der Waals surface area (Å²) in [7, 11) is 0. The van der Waals surface area contributed by atoms with E-state index in [-0.39, 0.29) is 5.92 Å². The van der Waals surface area contributed by atoms with E-state index in [9.17, 15) is 18.0 Å². The van der Waals surface area contributed by atoms with Gasteiger partial charge < -0.3 is 10.2 Å². The number of rotatable bonds is 3. The summed E-state index contributed by atoms with van der Waals surface area (Å²) in [5.74, 6) is 0.796. The number of nitrogens with one attached hydrogen (secondary N) is 2. The quantitative estimate of drug-likeness (QED) is 0.895. The number of alkyl halides is 3. The minimum absolute atomic E-state index is 0.0269. The van der Waals surface area contributed by atoms with Crippen LogP contribution >= 0.6 is 0 Å². The first-order valence-electron chi connectivity index (χ1n) is 7.35. The lowest BCUT2D eigenvalue weighted by Crippen LogP contribution is -2.51. The molecule has 2 fully saturated rings. The summed E-state index contributed by atoms with van der Waals surface area (Å²) >= 11 is 0. The summed E-state index contributed by atoms with van der Waals surface area (Å²) in [6.07, 6.45) is -2.70. The van der Waals surface area contributed by atoms with Crippen LogP contribution in [0.4, 0.5) is 18.0 Å². The topological polar surface area (TPSA) is 73.9 Å². The summed E-state index contributed by atoms with van der Waals surface area (Å²) in [5, 5.41) is 8.94. The highest BCUT2D eigenvalue weighted by atomic mass is 19.4. The molecular formula is C13H18F3N5O. The summed E-state index contributed by atoms with van der Waals surface area (Å²) in [4.78, 5) is 17.7. The third-order valence-electron chi connectivity index (χ3n) is 4.18. The summed E-state index contributed by atoms with van der Waals surface area (Å²) < 4.78 is 38.8. The van der Waals surface area contributed by atoms with Gasteiger partial charge in [-0.3, -0.25) is 5.10 Å². The molecule has 2 amide bonds. The molecule has 3 rings (SSSR count). The van der Waals surface area contributed by atoms with Crippen molar-refractivity contribution in [2.45, 2.75) is 44.3 Å². The van der Waals surface area contributed by atoms with E-state index in [0.717, 1.165) is 0 Å². The second-order valence-electron chi connectivity index (χ2n) is 6.02. The number of aromatic nitrogens is 3. The minimum Gasteiger partial charge on any atom is -0.326 e. The smallest absolute Gasteiger partial charge is 0.326 e. The van der Waals surface area contributed by atoms with Gasteiger partial charge in [0.15, 0.2) is 5.82 Å². The van der Waals surface area contributed by atoms with E-state index in [1.54, 1.807) is 6.92 Å². The number of halogens is 3.